The normalized spacial score (nSPS) is 2.25. The summed E-state index contributed by atoms with van der Waals surface area (Å²) in [5.41, 5.74) is 0. The maximum absolute atomic E-state index is 9.82. The third-order valence-corrected chi connectivity index (χ3v) is 0. The fourth-order valence-corrected chi connectivity index (χ4v) is 0. The molecule has 0 radical (unpaired) electrons. The molecule has 0 heterocycles. The van der Waals surface area contributed by atoms with Crippen molar-refractivity contribution in [1.82, 2.24) is 0 Å². The molecule has 0 rings (SSSR count). The zero-order valence-corrected chi connectivity index (χ0v) is 2.52. The van der Waals surface area contributed by atoms with E-state index < -0.39 is 15.6 Å². The molecular formula is H2AlBaFO. The number of hydrogen-bond donors (Lipinski definition) is 0. The van der Waals surface area contributed by atoms with Crippen LogP contribution in [0.25, 0.3) is 0 Å². The van der Waals surface area contributed by atoms with Gasteiger partial charge in [-0.25, -0.2) is 0 Å². The van der Waals surface area contributed by atoms with E-state index in [2.05, 4.69) is 0 Å². The van der Waals surface area contributed by atoms with Crippen molar-refractivity contribution < 1.29 is 7.33 Å². The third-order valence-electron chi connectivity index (χ3n) is 0. The van der Waals surface area contributed by atoms with Gasteiger partial charge in [-0.1, -0.05) is 0 Å². The molecular weight excluding hydrogens is 199 g/mol. The van der Waals surface area contributed by atoms with Gasteiger partial charge in [0.1, 0.15) is 0 Å². The van der Waals surface area contributed by atoms with E-state index in [1.54, 1.807) is 0 Å². The minimum absolute atomic E-state index is 0. The Hall–Kier alpha value is 1.83. The Morgan fingerprint density at radius 1 is 1.75 bits per heavy atom. The molecule has 0 spiro atoms. The topological polar surface area (TPSA) is 17.1 Å². The monoisotopic (exact) mass is 202 g/mol. The predicted molar refractivity (Wildman–Crippen MR) is 16.1 cm³/mol. The van der Waals surface area contributed by atoms with Gasteiger partial charge >= 0.3 is 71.8 Å². The zero-order chi connectivity index (χ0) is 2.71. The summed E-state index contributed by atoms with van der Waals surface area (Å²) in [5, 5.41) is 0. The average Bonchev–Trinajstić information content (AvgIpc) is 0.918. The molecule has 1 nitrogen and oxygen atoms in total. The minimum atomic E-state index is -2.00. The van der Waals surface area contributed by atoms with Crippen LogP contribution in [0.4, 0.5) is 3.52 Å². The Bertz CT molecular complexity index is 15.5. The van der Waals surface area contributed by atoms with Crippen molar-refractivity contribution in [2.75, 3.05) is 0 Å². The van der Waals surface area contributed by atoms with Crippen LogP contribution in [0.3, 0.4) is 0 Å². The molecule has 0 aliphatic carbocycles. The molecule has 0 aliphatic rings. The number of halogens is 1. The Kier molecular flexibility index (Phi) is 20.5. The van der Waals surface area contributed by atoms with Gasteiger partial charge in [0.05, 0.1) is 0 Å². The van der Waals surface area contributed by atoms with Gasteiger partial charge in [-0.05, 0) is 0 Å². The third kappa shape index (κ3) is 9.16. The summed E-state index contributed by atoms with van der Waals surface area (Å²) in [6, 6.07) is 0. The summed E-state index contributed by atoms with van der Waals surface area (Å²) in [7, 11) is 0. The summed E-state index contributed by atoms with van der Waals surface area (Å²) in [6.45, 7) is 0. The molecule has 0 aromatic rings. The molecule has 0 fully saturated rings. The standard InChI is InChI=1S/Al.Ba.FH.O.2H/h;;1H;;;/q+1;;;;;/p-1. The van der Waals surface area contributed by atoms with Crippen LogP contribution >= 0.6 is 0 Å². The average molecular weight is 201 g/mol. The van der Waals surface area contributed by atoms with Crippen LogP contribution in [-0.4, -0.2) is 64.5 Å². The van der Waals surface area contributed by atoms with Crippen LogP contribution in [-0.2, 0) is 3.80 Å². The molecule has 0 saturated heterocycles. The summed E-state index contributed by atoms with van der Waals surface area (Å²) in [6.07, 6.45) is 0. The van der Waals surface area contributed by atoms with Crippen LogP contribution in [0.15, 0.2) is 0 Å². The molecule has 0 bridgehead atoms. The van der Waals surface area contributed by atoms with Crippen LogP contribution in [0.5, 0.6) is 0 Å². The Morgan fingerprint density at radius 2 is 1.75 bits per heavy atom. The molecule has 20 valence electrons. The van der Waals surface area contributed by atoms with Gasteiger partial charge in [-0.2, -0.15) is 0 Å². The molecule has 0 aromatic heterocycles. The summed E-state index contributed by atoms with van der Waals surface area (Å²) < 4.78 is 18.2. The van der Waals surface area contributed by atoms with Gasteiger partial charge in [0.25, 0.3) is 0 Å². The molecule has 0 aliphatic heterocycles. The Balaban J connectivity index is 0. The summed E-state index contributed by atoms with van der Waals surface area (Å²) in [4.78, 5) is 0. The maximum atomic E-state index is 9.82. The van der Waals surface area contributed by atoms with Gasteiger partial charge in [0.15, 0.2) is 0 Å². The molecule has 0 unspecified atom stereocenters. The van der Waals surface area contributed by atoms with Crippen molar-refractivity contribution >= 4 is 64.5 Å². The van der Waals surface area contributed by atoms with Crippen LogP contribution in [0.1, 0.15) is 0 Å². The number of hydrogen-bond acceptors (Lipinski definition) is 1. The van der Waals surface area contributed by atoms with E-state index in [0.29, 0.717) is 0 Å². The van der Waals surface area contributed by atoms with E-state index in [1.807, 2.05) is 0 Å². The van der Waals surface area contributed by atoms with Gasteiger partial charge in [-0.3, -0.25) is 0 Å². The second-order valence-corrected chi connectivity index (χ2v) is 0.267. The van der Waals surface area contributed by atoms with Gasteiger partial charge in [-0.15, -0.1) is 0 Å². The summed E-state index contributed by atoms with van der Waals surface area (Å²) >= 11 is -2.00. The van der Waals surface area contributed by atoms with E-state index in [0.717, 1.165) is 0 Å². The van der Waals surface area contributed by atoms with Gasteiger partial charge in [0, 0.05) is 0 Å². The van der Waals surface area contributed by atoms with E-state index >= 15 is 0 Å². The molecule has 0 saturated carbocycles. The van der Waals surface area contributed by atoms with Crippen LogP contribution < -0.4 is 0 Å². The molecule has 4 heteroatoms. The molecule has 0 atom stereocenters. The van der Waals surface area contributed by atoms with Gasteiger partial charge in [0.2, 0.25) is 0 Å². The molecule has 0 aromatic carbocycles. The second-order valence-electron chi connectivity index (χ2n) is 0.0891. The number of rotatable bonds is 0. The fourth-order valence-electron chi connectivity index (χ4n) is 0. The van der Waals surface area contributed by atoms with Crippen molar-refractivity contribution in [3.8, 4) is 0 Å². The SMILES string of the molecule is [BaH2].[O]=[Al][F]. The molecule has 4 heavy (non-hydrogen) atoms. The first kappa shape index (κ1) is 9.27. The van der Waals surface area contributed by atoms with E-state index in [1.165, 1.54) is 0 Å². The second kappa shape index (κ2) is 8.85. The first-order valence-electron chi connectivity index (χ1n) is 0.454. The summed E-state index contributed by atoms with van der Waals surface area (Å²) in [5.74, 6) is 0. The van der Waals surface area contributed by atoms with Crippen molar-refractivity contribution in [3.63, 3.8) is 0 Å². The van der Waals surface area contributed by atoms with E-state index in [4.69, 9.17) is 3.80 Å². The van der Waals surface area contributed by atoms with E-state index in [-0.39, 0.29) is 48.9 Å². The van der Waals surface area contributed by atoms with Gasteiger partial charge < -0.3 is 0 Å². The van der Waals surface area contributed by atoms with E-state index in [9.17, 15) is 3.52 Å². The first-order chi connectivity index (χ1) is 1.41. The van der Waals surface area contributed by atoms with Crippen molar-refractivity contribution in [2.24, 2.45) is 0 Å². The van der Waals surface area contributed by atoms with Crippen LogP contribution in [0.2, 0.25) is 0 Å². The first-order valence-corrected chi connectivity index (χ1v) is 1.36. The molecule has 0 N–H and O–H groups in total. The van der Waals surface area contributed by atoms with Crippen molar-refractivity contribution in [2.45, 2.75) is 0 Å². The van der Waals surface area contributed by atoms with Crippen molar-refractivity contribution in [3.05, 3.63) is 0 Å². The molecule has 0 amide bonds. The Morgan fingerprint density at radius 3 is 1.75 bits per heavy atom. The van der Waals surface area contributed by atoms with Crippen LogP contribution in [0, 0.1) is 0 Å². The fraction of sp³-hybridized carbons (Fsp3) is 0. The zero-order valence-electron chi connectivity index (χ0n) is 1.36. The van der Waals surface area contributed by atoms with Crippen molar-refractivity contribution in [1.29, 1.82) is 0 Å². The predicted octanol–water partition coefficient (Wildman–Crippen LogP) is -0.996. The quantitative estimate of drug-likeness (QED) is 0.460. The Labute approximate surface area is 70.4 Å².